The van der Waals surface area contributed by atoms with E-state index in [1.54, 1.807) is 6.07 Å². The van der Waals surface area contributed by atoms with Crippen LogP contribution >= 0.6 is 27.3 Å². The van der Waals surface area contributed by atoms with Gasteiger partial charge in [-0.25, -0.2) is 8.42 Å². The average Bonchev–Trinajstić information content (AvgIpc) is 2.36. The summed E-state index contributed by atoms with van der Waals surface area (Å²) in [5, 5.41) is 0. The van der Waals surface area contributed by atoms with Gasteiger partial charge in [0.05, 0.1) is 3.79 Å². The van der Waals surface area contributed by atoms with Crippen molar-refractivity contribution in [1.82, 2.24) is 0 Å². The number of hydrogen-bond acceptors (Lipinski definition) is 4. The Bertz CT molecular complexity index is 365. The first kappa shape index (κ1) is 8.89. The molecular weight excluding hydrogens is 252 g/mol. The minimum Gasteiger partial charge on any atom is -0.285 e. The van der Waals surface area contributed by atoms with E-state index >= 15 is 0 Å². The Morgan fingerprint density at radius 1 is 1.45 bits per heavy atom. The summed E-state index contributed by atoms with van der Waals surface area (Å²) in [6, 6.07) is 2.97. The average molecular weight is 255 g/mol. The van der Waals surface area contributed by atoms with Gasteiger partial charge in [-0.1, -0.05) is 0 Å². The van der Waals surface area contributed by atoms with E-state index in [9.17, 15) is 13.2 Å². The molecule has 0 aliphatic rings. The van der Waals surface area contributed by atoms with E-state index in [1.807, 2.05) is 0 Å². The third kappa shape index (κ3) is 1.88. The van der Waals surface area contributed by atoms with E-state index in [4.69, 9.17) is 0 Å². The highest BCUT2D eigenvalue weighted by Gasteiger charge is 2.14. The van der Waals surface area contributed by atoms with Gasteiger partial charge in [0.15, 0.2) is 0 Å². The summed E-state index contributed by atoms with van der Waals surface area (Å²) in [4.78, 5) is 10.0. The van der Waals surface area contributed by atoms with Crippen molar-refractivity contribution in [2.24, 2.45) is 0 Å². The molecular formula is C5H3BrO3S2. The summed E-state index contributed by atoms with van der Waals surface area (Å²) in [5.74, 6) is 0. The van der Waals surface area contributed by atoms with Gasteiger partial charge in [0.2, 0.25) is 15.5 Å². The van der Waals surface area contributed by atoms with Gasteiger partial charge in [-0.3, -0.25) is 4.79 Å². The van der Waals surface area contributed by atoms with Crippen LogP contribution in [0.1, 0.15) is 0 Å². The normalized spacial score (nSPS) is 11.4. The maximum Gasteiger partial charge on any atom is 0.246 e. The highest BCUT2D eigenvalue weighted by atomic mass is 79.9. The molecule has 0 aromatic carbocycles. The number of thiophene rings is 1. The van der Waals surface area contributed by atoms with Crippen LogP contribution in [0, 0.1) is 0 Å². The lowest BCUT2D eigenvalue weighted by atomic mass is 10.7. The summed E-state index contributed by atoms with van der Waals surface area (Å²) in [6.45, 7) is 0. The Morgan fingerprint density at radius 2 is 2.09 bits per heavy atom. The van der Waals surface area contributed by atoms with Gasteiger partial charge in [0, 0.05) is 0 Å². The van der Waals surface area contributed by atoms with Gasteiger partial charge in [0.25, 0.3) is 0 Å². The molecule has 0 aliphatic heterocycles. The van der Waals surface area contributed by atoms with Crippen molar-refractivity contribution in [3.8, 4) is 0 Å². The lowest BCUT2D eigenvalue weighted by Gasteiger charge is -1.85. The molecule has 1 aromatic rings. The number of carbonyl (C=O) groups is 1. The van der Waals surface area contributed by atoms with Gasteiger partial charge in [-0.05, 0) is 28.1 Å². The van der Waals surface area contributed by atoms with Crippen molar-refractivity contribution in [3.05, 3.63) is 15.9 Å². The molecule has 0 radical (unpaired) electrons. The second-order valence-corrected chi connectivity index (χ2v) is 6.14. The summed E-state index contributed by atoms with van der Waals surface area (Å²) >= 11 is 4.11. The molecule has 6 heteroatoms. The second kappa shape index (κ2) is 3.04. The molecule has 1 heterocycles. The molecule has 0 aliphatic carbocycles. The predicted molar refractivity (Wildman–Crippen MR) is 46.0 cm³/mol. The number of halogens is 1. The van der Waals surface area contributed by atoms with Gasteiger partial charge in [-0.2, -0.15) is 0 Å². The van der Waals surface area contributed by atoms with E-state index in [0.29, 0.717) is 3.79 Å². The van der Waals surface area contributed by atoms with Crippen LogP contribution in [-0.2, 0) is 14.6 Å². The summed E-state index contributed by atoms with van der Waals surface area (Å²) in [5.41, 5.74) is -0.0503. The molecule has 0 amide bonds. The molecule has 1 rings (SSSR count). The first-order valence-electron chi connectivity index (χ1n) is 2.52. The zero-order valence-electron chi connectivity index (χ0n) is 5.15. The number of rotatable bonds is 2. The zero-order chi connectivity index (χ0) is 8.48. The van der Waals surface area contributed by atoms with Crippen LogP contribution in [0.15, 0.2) is 20.1 Å². The maximum atomic E-state index is 10.8. The van der Waals surface area contributed by atoms with Crippen molar-refractivity contribution in [2.75, 3.05) is 0 Å². The summed E-state index contributed by atoms with van der Waals surface area (Å²) < 4.78 is 22.4. The predicted octanol–water partition coefficient (Wildman–Crippen LogP) is 1.47. The van der Waals surface area contributed by atoms with Crippen LogP contribution in [0.25, 0.3) is 0 Å². The molecule has 3 nitrogen and oxygen atoms in total. The van der Waals surface area contributed by atoms with E-state index in [0.717, 1.165) is 11.3 Å². The monoisotopic (exact) mass is 254 g/mol. The molecule has 11 heavy (non-hydrogen) atoms. The van der Waals surface area contributed by atoms with Crippen molar-refractivity contribution >= 4 is 42.7 Å². The van der Waals surface area contributed by atoms with Gasteiger partial charge in [-0.15, -0.1) is 11.3 Å². The first-order valence-corrected chi connectivity index (χ1v) is 5.67. The summed E-state index contributed by atoms with van der Waals surface area (Å²) in [7, 11) is -3.67. The molecule has 60 valence electrons. The Hall–Kier alpha value is -0.200. The van der Waals surface area contributed by atoms with Crippen LogP contribution in [0.3, 0.4) is 0 Å². The SMILES string of the molecule is O=CS(=O)(=O)c1ccc(Br)s1. The zero-order valence-corrected chi connectivity index (χ0v) is 8.37. The molecule has 0 unspecified atom stereocenters. The Morgan fingerprint density at radius 3 is 2.45 bits per heavy atom. The van der Waals surface area contributed by atoms with Crippen molar-refractivity contribution in [3.63, 3.8) is 0 Å². The van der Waals surface area contributed by atoms with Crippen molar-refractivity contribution in [1.29, 1.82) is 0 Å². The molecule has 0 saturated heterocycles. The summed E-state index contributed by atoms with van der Waals surface area (Å²) in [6.07, 6.45) is 0. The highest BCUT2D eigenvalue weighted by molar-refractivity contribution is 9.11. The van der Waals surface area contributed by atoms with Crippen molar-refractivity contribution in [2.45, 2.75) is 4.21 Å². The van der Waals surface area contributed by atoms with Gasteiger partial charge in [0.1, 0.15) is 4.21 Å². The Balaban J connectivity index is 3.23. The van der Waals surface area contributed by atoms with Crippen LogP contribution in [-0.4, -0.2) is 14.0 Å². The molecule has 1 aromatic heterocycles. The molecule has 0 fully saturated rings. The lowest BCUT2D eigenvalue weighted by molar-refractivity contribution is 0.556. The largest absolute Gasteiger partial charge is 0.285 e. The van der Waals surface area contributed by atoms with Crippen LogP contribution in [0.4, 0.5) is 0 Å². The topological polar surface area (TPSA) is 51.2 Å². The van der Waals surface area contributed by atoms with Crippen LogP contribution in [0.2, 0.25) is 0 Å². The lowest BCUT2D eigenvalue weighted by Crippen LogP contribution is -1.97. The number of carbonyl (C=O) groups excluding carboxylic acids is 1. The van der Waals surface area contributed by atoms with Gasteiger partial charge >= 0.3 is 0 Å². The first-order chi connectivity index (χ1) is 5.06. The maximum absolute atomic E-state index is 10.8. The standard InChI is InChI=1S/C5H3BrO3S2/c6-4-1-2-5(10-4)11(8,9)3-7/h1-3H. The third-order valence-corrected chi connectivity index (χ3v) is 4.27. The second-order valence-electron chi connectivity index (χ2n) is 1.70. The Labute approximate surface area is 76.1 Å². The van der Waals surface area contributed by atoms with E-state index in [2.05, 4.69) is 15.9 Å². The van der Waals surface area contributed by atoms with E-state index < -0.39 is 9.84 Å². The fourth-order valence-corrected chi connectivity index (χ4v) is 3.14. The van der Waals surface area contributed by atoms with Gasteiger partial charge < -0.3 is 0 Å². The minimum absolute atomic E-state index is 0.0503. The molecule has 0 saturated carbocycles. The minimum atomic E-state index is -3.67. The van der Waals surface area contributed by atoms with E-state index in [1.165, 1.54) is 6.07 Å². The number of sulfone groups is 1. The van der Waals surface area contributed by atoms with Crippen LogP contribution in [0.5, 0.6) is 0 Å². The highest BCUT2D eigenvalue weighted by Crippen LogP contribution is 2.25. The number of hydrogen-bond donors (Lipinski definition) is 0. The Kier molecular flexibility index (Phi) is 2.46. The smallest absolute Gasteiger partial charge is 0.246 e. The fraction of sp³-hybridized carbons (Fsp3) is 0. The van der Waals surface area contributed by atoms with Crippen molar-refractivity contribution < 1.29 is 13.2 Å². The van der Waals surface area contributed by atoms with E-state index in [-0.39, 0.29) is 9.83 Å². The quantitative estimate of drug-likeness (QED) is 0.752. The molecule has 0 atom stereocenters. The third-order valence-electron chi connectivity index (χ3n) is 0.956. The molecule has 0 spiro atoms. The fourth-order valence-electron chi connectivity index (χ4n) is 0.498. The molecule has 0 bridgehead atoms. The van der Waals surface area contributed by atoms with Crippen LogP contribution < -0.4 is 0 Å². The molecule has 0 N–H and O–H groups in total.